The molecule has 0 aliphatic heterocycles. The van der Waals surface area contributed by atoms with E-state index in [0.29, 0.717) is 22.9 Å². The highest BCUT2D eigenvalue weighted by Crippen LogP contribution is 2.24. The molecule has 1 aromatic heterocycles. The average molecular weight is 288 g/mol. The van der Waals surface area contributed by atoms with Crippen LogP contribution in [0.3, 0.4) is 0 Å². The lowest BCUT2D eigenvalue weighted by Crippen LogP contribution is -2.18. The van der Waals surface area contributed by atoms with Gasteiger partial charge < -0.3 is 10.1 Å². The Balaban J connectivity index is 2.13. The monoisotopic (exact) mass is 288 g/mol. The first-order chi connectivity index (χ1) is 9.95. The molecule has 2 aromatic rings. The second-order valence-corrected chi connectivity index (χ2v) is 5.03. The van der Waals surface area contributed by atoms with Crippen LogP contribution in [0.15, 0.2) is 36.5 Å². The quantitative estimate of drug-likeness (QED) is 0.927. The van der Waals surface area contributed by atoms with Crippen molar-refractivity contribution in [3.8, 4) is 11.5 Å². The maximum Gasteiger partial charge on any atom is 0.228 e. The number of aromatic nitrogens is 1. The normalized spacial score (nSPS) is 10.5. The molecule has 0 unspecified atom stereocenters. The first-order valence-corrected chi connectivity index (χ1v) is 6.66. The fourth-order valence-corrected chi connectivity index (χ4v) is 1.59. The Kier molecular flexibility index (Phi) is 4.52. The number of carbonyl (C=O) groups is 1. The van der Waals surface area contributed by atoms with Gasteiger partial charge in [-0.3, -0.25) is 4.79 Å². The number of amides is 1. The van der Waals surface area contributed by atoms with Crippen LogP contribution >= 0.6 is 0 Å². The molecule has 0 spiro atoms. The predicted octanol–water partition coefficient (Wildman–Crippen LogP) is 3.92. The zero-order valence-electron chi connectivity index (χ0n) is 12.2. The van der Waals surface area contributed by atoms with Gasteiger partial charge in [0.15, 0.2) is 0 Å². The van der Waals surface area contributed by atoms with E-state index in [4.69, 9.17) is 4.74 Å². The van der Waals surface area contributed by atoms with E-state index in [0.717, 1.165) is 0 Å². The van der Waals surface area contributed by atoms with Gasteiger partial charge in [0.25, 0.3) is 0 Å². The Hall–Kier alpha value is -2.43. The fraction of sp³-hybridized carbons (Fsp3) is 0.250. The summed E-state index contributed by atoms with van der Waals surface area (Å²) < 4.78 is 19.0. The number of ether oxygens (including phenoxy) is 1. The second-order valence-electron chi connectivity index (χ2n) is 5.03. The number of hydrogen-bond donors (Lipinski definition) is 1. The molecule has 0 radical (unpaired) electrons. The number of aryl methyl sites for hydroxylation is 1. The molecule has 1 aromatic carbocycles. The molecule has 0 atom stereocenters. The largest absolute Gasteiger partial charge is 0.457 e. The van der Waals surface area contributed by atoms with Crippen molar-refractivity contribution >= 4 is 11.7 Å². The molecule has 1 heterocycles. The van der Waals surface area contributed by atoms with Crippen LogP contribution in [0.1, 0.15) is 19.4 Å². The number of anilines is 1. The molecule has 21 heavy (non-hydrogen) atoms. The van der Waals surface area contributed by atoms with Gasteiger partial charge in [-0.05, 0) is 24.6 Å². The molecule has 0 bridgehead atoms. The number of hydrogen-bond acceptors (Lipinski definition) is 3. The summed E-state index contributed by atoms with van der Waals surface area (Å²) in [6.45, 7) is 5.28. The van der Waals surface area contributed by atoms with Gasteiger partial charge in [-0.2, -0.15) is 0 Å². The van der Waals surface area contributed by atoms with Gasteiger partial charge >= 0.3 is 0 Å². The van der Waals surface area contributed by atoms with E-state index in [2.05, 4.69) is 10.3 Å². The molecular formula is C16H17FN2O2. The van der Waals surface area contributed by atoms with Crippen molar-refractivity contribution in [2.45, 2.75) is 20.8 Å². The fourth-order valence-electron chi connectivity index (χ4n) is 1.59. The molecule has 2 rings (SSSR count). The van der Waals surface area contributed by atoms with Crippen molar-refractivity contribution < 1.29 is 13.9 Å². The second kappa shape index (κ2) is 6.35. The molecule has 5 heteroatoms. The topological polar surface area (TPSA) is 51.2 Å². The summed E-state index contributed by atoms with van der Waals surface area (Å²) in [4.78, 5) is 15.7. The summed E-state index contributed by atoms with van der Waals surface area (Å²) in [7, 11) is 0. The van der Waals surface area contributed by atoms with Crippen LogP contribution in [0, 0.1) is 18.7 Å². The SMILES string of the molecule is Cc1ccc(Oc2ccnc(NC(=O)C(C)C)c2)cc1F. The summed E-state index contributed by atoms with van der Waals surface area (Å²) in [5, 5.41) is 2.68. The summed E-state index contributed by atoms with van der Waals surface area (Å²) in [6, 6.07) is 7.89. The third kappa shape index (κ3) is 4.02. The Labute approximate surface area is 123 Å². The molecule has 0 aliphatic rings. The molecule has 0 saturated heterocycles. The van der Waals surface area contributed by atoms with Gasteiger partial charge in [-0.25, -0.2) is 9.37 Å². The minimum Gasteiger partial charge on any atom is -0.457 e. The third-order valence-electron chi connectivity index (χ3n) is 2.89. The molecule has 110 valence electrons. The van der Waals surface area contributed by atoms with E-state index < -0.39 is 0 Å². The molecule has 4 nitrogen and oxygen atoms in total. The number of benzene rings is 1. The van der Waals surface area contributed by atoms with Crippen molar-refractivity contribution in [3.63, 3.8) is 0 Å². The van der Waals surface area contributed by atoms with Crippen molar-refractivity contribution in [1.29, 1.82) is 0 Å². The lowest BCUT2D eigenvalue weighted by atomic mass is 10.2. The number of rotatable bonds is 4. The third-order valence-corrected chi connectivity index (χ3v) is 2.89. The molecule has 0 aliphatic carbocycles. The number of carbonyl (C=O) groups excluding carboxylic acids is 1. The molecule has 0 saturated carbocycles. The average Bonchev–Trinajstić information content (AvgIpc) is 2.43. The van der Waals surface area contributed by atoms with Crippen LogP contribution in [0.5, 0.6) is 11.5 Å². The van der Waals surface area contributed by atoms with E-state index in [9.17, 15) is 9.18 Å². The van der Waals surface area contributed by atoms with E-state index in [-0.39, 0.29) is 17.6 Å². The van der Waals surface area contributed by atoms with Crippen LogP contribution in [0.25, 0.3) is 0 Å². The highest BCUT2D eigenvalue weighted by atomic mass is 19.1. The van der Waals surface area contributed by atoms with Crippen molar-refractivity contribution in [2.75, 3.05) is 5.32 Å². The standard InChI is InChI=1S/C16H17FN2O2/c1-10(2)16(20)19-15-9-13(6-7-18-15)21-12-5-4-11(3)14(17)8-12/h4-10H,1-3H3,(H,18,19,20). The number of nitrogens with one attached hydrogen (secondary N) is 1. The number of nitrogens with zero attached hydrogens (tertiary/aromatic N) is 1. The minimum absolute atomic E-state index is 0.124. The number of pyridine rings is 1. The number of halogens is 1. The van der Waals surface area contributed by atoms with Crippen LogP contribution in [-0.2, 0) is 4.79 Å². The lowest BCUT2D eigenvalue weighted by molar-refractivity contribution is -0.118. The first kappa shape index (κ1) is 15.0. The minimum atomic E-state index is -0.324. The van der Waals surface area contributed by atoms with Gasteiger partial charge in [0, 0.05) is 24.2 Å². The van der Waals surface area contributed by atoms with Gasteiger partial charge in [0.05, 0.1) is 0 Å². The Morgan fingerprint density at radius 3 is 2.62 bits per heavy atom. The Bertz CT molecular complexity index is 656. The van der Waals surface area contributed by atoms with Crippen molar-refractivity contribution in [1.82, 2.24) is 4.98 Å². The van der Waals surface area contributed by atoms with E-state index >= 15 is 0 Å². The van der Waals surface area contributed by atoms with Crippen molar-refractivity contribution in [3.05, 3.63) is 47.9 Å². The maximum absolute atomic E-state index is 13.5. The highest BCUT2D eigenvalue weighted by Gasteiger charge is 2.09. The summed E-state index contributed by atoms with van der Waals surface area (Å²) in [5.74, 6) is 0.690. The smallest absolute Gasteiger partial charge is 0.228 e. The lowest BCUT2D eigenvalue weighted by Gasteiger charge is -2.10. The summed E-state index contributed by atoms with van der Waals surface area (Å²) in [5.41, 5.74) is 0.557. The molecule has 0 fully saturated rings. The van der Waals surface area contributed by atoms with Gasteiger partial charge in [0.2, 0.25) is 5.91 Å². The first-order valence-electron chi connectivity index (χ1n) is 6.66. The zero-order chi connectivity index (χ0) is 15.4. The maximum atomic E-state index is 13.5. The van der Waals surface area contributed by atoms with Crippen LogP contribution in [-0.4, -0.2) is 10.9 Å². The van der Waals surface area contributed by atoms with Crippen LogP contribution < -0.4 is 10.1 Å². The van der Waals surface area contributed by atoms with Gasteiger partial charge in [-0.1, -0.05) is 19.9 Å². The molecule has 1 amide bonds. The zero-order valence-corrected chi connectivity index (χ0v) is 12.2. The van der Waals surface area contributed by atoms with E-state index in [1.165, 1.54) is 12.3 Å². The summed E-state index contributed by atoms with van der Waals surface area (Å²) >= 11 is 0. The molecule has 1 N–H and O–H groups in total. The predicted molar refractivity (Wildman–Crippen MR) is 78.9 cm³/mol. The van der Waals surface area contributed by atoms with Crippen LogP contribution in [0.4, 0.5) is 10.2 Å². The summed E-state index contributed by atoms with van der Waals surface area (Å²) in [6.07, 6.45) is 1.52. The van der Waals surface area contributed by atoms with Gasteiger partial charge in [0.1, 0.15) is 23.1 Å². The van der Waals surface area contributed by atoms with Gasteiger partial charge in [-0.15, -0.1) is 0 Å². The molecular weight excluding hydrogens is 271 g/mol. The Morgan fingerprint density at radius 1 is 1.24 bits per heavy atom. The van der Waals surface area contributed by atoms with Crippen molar-refractivity contribution in [2.24, 2.45) is 5.92 Å². The highest BCUT2D eigenvalue weighted by molar-refractivity contribution is 5.91. The Morgan fingerprint density at radius 2 is 1.95 bits per heavy atom. The van der Waals surface area contributed by atoms with E-state index in [1.807, 2.05) is 0 Å². The van der Waals surface area contributed by atoms with Crippen LogP contribution in [0.2, 0.25) is 0 Å². The van der Waals surface area contributed by atoms with E-state index in [1.54, 1.807) is 45.0 Å².